The molecule has 0 saturated carbocycles. The number of nitrogens with zero attached hydrogens (tertiary/aromatic N) is 2. The van der Waals surface area contributed by atoms with Crippen LogP contribution in [-0.4, -0.2) is 76.7 Å². The number of benzene rings is 4. The molecule has 2 fully saturated rings. The van der Waals surface area contributed by atoms with Crippen LogP contribution in [0.3, 0.4) is 0 Å². The number of esters is 1. The fourth-order valence-electron chi connectivity index (χ4n) is 8.75. The summed E-state index contributed by atoms with van der Waals surface area (Å²) in [6, 6.07) is 29.8. The normalized spacial score (nSPS) is 29.6. The number of allylic oxidation sites excluding steroid dienone is 1. The number of ether oxygens (including phenoxy) is 2. The van der Waals surface area contributed by atoms with Crippen LogP contribution < -0.4 is 10.2 Å². The van der Waals surface area contributed by atoms with Gasteiger partial charge >= 0.3 is 5.97 Å². The van der Waals surface area contributed by atoms with E-state index in [4.69, 9.17) is 9.47 Å². The Kier molecular flexibility index (Phi) is 9.64. The second kappa shape index (κ2) is 14.7. The molecule has 0 unspecified atom stereocenters. The number of aliphatic hydroxyl groups excluding tert-OH is 1. The molecule has 2 saturated heterocycles. The lowest BCUT2D eigenvalue weighted by Gasteiger charge is -2.38. The fraction of sp³-hybridized carbons (Fsp3) is 0.318. The summed E-state index contributed by atoms with van der Waals surface area (Å²) in [5.41, 5.74) is 0.658. The number of aliphatic hydroxyl groups is 1. The largest absolute Gasteiger partial charge is 0.455 e. The lowest BCUT2D eigenvalue weighted by atomic mass is 9.77. The van der Waals surface area contributed by atoms with Crippen LogP contribution in [0, 0.1) is 11.8 Å². The van der Waals surface area contributed by atoms with Gasteiger partial charge in [0.1, 0.15) is 23.7 Å². The first-order valence-corrected chi connectivity index (χ1v) is 18.6. The maximum atomic E-state index is 15.2. The predicted molar refractivity (Wildman–Crippen MR) is 203 cm³/mol. The average Bonchev–Trinajstić information content (AvgIpc) is 3.58. The number of carbonyl (C=O) groups is 4. The Balaban J connectivity index is 1.24. The molecular weight excluding hydrogens is 682 g/mol. The minimum Gasteiger partial charge on any atom is -0.455 e. The van der Waals surface area contributed by atoms with Gasteiger partial charge in [-0.15, -0.1) is 0 Å². The molecule has 10 heteroatoms. The summed E-state index contributed by atoms with van der Waals surface area (Å²) in [7, 11) is 0. The standard InChI is InChI=1S/C44H43N3O7/c1-28-39(31-16-6-3-7-17-31)53-43(52)37-35(19-10-11-20-36(49)45-28)54-44-23-12-24-46(33-22-21-30-15-8-9-18-32(30)26-33)42(51)40(44)47(41(50)38(37)44)34(27-48)25-29-13-4-2-5-14-29/h2-10,12-19,21-23,26,28,34-35,37-40,48H,11,20,24-25,27H2,1H3,(H,45,49)/b19-10-/t28-,34+,35-,37+,38+,39+,40-,44+/m0/s1. The number of likely N-dealkylation sites (tertiary alicyclic amines) is 1. The van der Waals surface area contributed by atoms with Crippen LogP contribution in [0.15, 0.2) is 127 Å². The first-order chi connectivity index (χ1) is 26.3. The molecule has 54 heavy (non-hydrogen) atoms. The molecule has 0 aromatic heterocycles. The first-order valence-electron chi connectivity index (χ1n) is 18.6. The zero-order valence-electron chi connectivity index (χ0n) is 30.0. The minimum absolute atomic E-state index is 0.186. The monoisotopic (exact) mass is 725 g/mol. The van der Waals surface area contributed by atoms with E-state index >= 15 is 9.59 Å². The number of anilines is 1. The van der Waals surface area contributed by atoms with Crippen LogP contribution in [-0.2, 0) is 35.1 Å². The number of nitrogens with one attached hydrogen (secondary N) is 1. The van der Waals surface area contributed by atoms with Gasteiger partial charge in [0.25, 0.3) is 5.91 Å². The molecule has 276 valence electrons. The molecule has 0 radical (unpaired) electrons. The van der Waals surface area contributed by atoms with Gasteiger partial charge in [-0.05, 0) is 53.8 Å². The summed E-state index contributed by atoms with van der Waals surface area (Å²) in [4.78, 5) is 61.1. The number of carbonyl (C=O) groups excluding carboxylic acids is 4. The third kappa shape index (κ3) is 6.29. The highest BCUT2D eigenvalue weighted by Crippen LogP contribution is 2.54. The molecule has 4 aromatic rings. The molecular formula is C44H43N3O7. The zero-order chi connectivity index (χ0) is 37.4. The molecule has 4 aliphatic heterocycles. The van der Waals surface area contributed by atoms with E-state index in [9.17, 15) is 14.7 Å². The van der Waals surface area contributed by atoms with Crippen LogP contribution in [0.4, 0.5) is 5.69 Å². The van der Waals surface area contributed by atoms with Crippen molar-refractivity contribution in [1.29, 1.82) is 0 Å². The van der Waals surface area contributed by atoms with Crippen molar-refractivity contribution in [2.75, 3.05) is 18.1 Å². The second-order valence-corrected chi connectivity index (χ2v) is 14.6. The van der Waals surface area contributed by atoms with Gasteiger partial charge in [0.2, 0.25) is 11.8 Å². The summed E-state index contributed by atoms with van der Waals surface area (Å²) in [5.74, 6) is -3.97. The SMILES string of the molecule is C[C@@H]1NC(=O)CC/C=C\[C@@H]2O[C@@]34C=CCN(c5ccc6ccccc6c5)C(=O)[C@@H]3N([C@@H](CO)Cc3ccccc3)C(=O)[C@H]4[C@@H]2C(=O)O[C@H]1c1ccccc1. The molecule has 8 atom stereocenters. The quantitative estimate of drug-likeness (QED) is 0.210. The molecule has 1 spiro atoms. The van der Waals surface area contributed by atoms with E-state index in [0.29, 0.717) is 17.7 Å². The number of hydrogen-bond acceptors (Lipinski definition) is 7. The predicted octanol–water partition coefficient (Wildman–Crippen LogP) is 5.07. The van der Waals surface area contributed by atoms with Crippen LogP contribution in [0.5, 0.6) is 0 Å². The van der Waals surface area contributed by atoms with E-state index in [1.807, 2.05) is 109 Å². The molecule has 0 bridgehead atoms. The van der Waals surface area contributed by atoms with Crippen molar-refractivity contribution in [1.82, 2.24) is 10.2 Å². The van der Waals surface area contributed by atoms with Gasteiger partial charge in [-0.2, -0.15) is 0 Å². The summed E-state index contributed by atoms with van der Waals surface area (Å²) in [6.07, 6.45) is 6.20. The highest BCUT2D eigenvalue weighted by Gasteiger charge is 2.72. The van der Waals surface area contributed by atoms with Gasteiger partial charge in [0.15, 0.2) is 0 Å². The molecule has 4 aliphatic rings. The zero-order valence-corrected chi connectivity index (χ0v) is 30.0. The van der Waals surface area contributed by atoms with Gasteiger partial charge in [0, 0.05) is 18.7 Å². The summed E-state index contributed by atoms with van der Waals surface area (Å²) in [6.45, 7) is 1.57. The highest BCUT2D eigenvalue weighted by molar-refractivity contribution is 6.06. The van der Waals surface area contributed by atoms with E-state index in [1.165, 1.54) is 4.90 Å². The highest BCUT2D eigenvalue weighted by atomic mass is 16.6. The number of fused-ring (bicyclic) bond motifs is 3. The van der Waals surface area contributed by atoms with Crippen LogP contribution in [0.25, 0.3) is 10.8 Å². The Labute approximate surface area is 314 Å². The summed E-state index contributed by atoms with van der Waals surface area (Å²) < 4.78 is 13.3. The fourth-order valence-corrected chi connectivity index (χ4v) is 8.75. The van der Waals surface area contributed by atoms with Crippen molar-refractivity contribution in [3.8, 4) is 0 Å². The summed E-state index contributed by atoms with van der Waals surface area (Å²) in [5, 5.41) is 15.9. The minimum atomic E-state index is -1.56. The first kappa shape index (κ1) is 35.4. The Bertz CT molecular complexity index is 2120. The maximum absolute atomic E-state index is 15.2. The van der Waals surface area contributed by atoms with Crippen molar-refractivity contribution in [2.24, 2.45) is 11.8 Å². The smallest absolute Gasteiger partial charge is 0.313 e. The van der Waals surface area contributed by atoms with Crippen LogP contribution in [0.1, 0.15) is 37.0 Å². The van der Waals surface area contributed by atoms with Gasteiger partial charge in [-0.1, -0.05) is 115 Å². The second-order valence-electron chi connectivity index (χ2n) is 14.6. The number of rotatable bonds is 6. The van der Waals surface area contributed by atoms with Gasteiger partial charge in [0.05, 0.1) is 30.7 Å². The number of amides is 3. The third-order valence-electron chi connectivity index (χ3n) is 11.2. The van der Waals surface area contributed by atoms with Crippen molar-refractivity contribution < 1.29 is 33.8 Å². The molecule has 8 rings (SSSR count). The topological polar surface area (TPSA) is 125 Å². The Morgan fingerprint density at radius 1 is 0.870 bits per heavy atom. The Morgan fingerprint density at radius 2 is 1.59 bits per heavy atom. The molecule has 10 nitrogen and oxygen atoms in total. The Morgan fingerprint density at radius 3 is 2.35 bits per heavy atom. The van der Waals surface area contributed by atoms with Gasteiger partial charge in [-0.3, -0.25) is 19.2 Å². The van der Waals surface area contributed by atoms with Crippen molar-refractivity contribution in [2.45, 2.75) is 62.1 Å². The molecule has 4 heterocycles. The van der Waals surface area contributed by atoms with E-state index < -0.39 is 66.3 Å². The van der Waals surface area contributed by atoms with Crippen molar-refractivity contribution >= 4 is 40.2 Å². The lowest BCUT2D eigenvalue weighted by molar-refractivity contribution is -0.161. The van der Waals surface area contributed by atoms with E-state index in [1.54, 1.807) is 30.1 Å². The molecule has 0 aliphatic carbocycles. The van der Waals surface area contributed by atoms with Crippen LogP contribution >= 0.6 is 0 Å². The average molecular weight is 726 g/mol. The van der Waals surface area contributed by atoms with Crippen LogP contribution in [0.2, 0.25) is 0 Å². The number of cyclic esters (lactones) is 1. The molecule has 3 amide bonds. The molecule has 2 N–H and O–H groups in total. The maximum Gasteiger partial charge on any atom is 0.313 e. The van der Waals surface area contributed by atoms with E-state index in [0.717, 1.165) is 16.3 Å². The van der Waals surface area contributed by atoms with E-state index in [2.05, 4.69) is 5.32 Å². The number of hydrogen-bond donors (Lipinski definition) is 2. The molecule has 4 aromatic carbocycles. The van der Waals surface area contributed by atoms with Gasteiger partial charge in [-0.25, -0.2) is 0 Å². The Hall–Kier alpha value is -5.58. The third-order valence-corrected chi connectivity index (χ3v) is 11.2. The van der Waals surface area contributed by atoms with Crippen molar-refractivity contribution in [3.05, 3.63) is 139 Å². The van der Waals surface area contributed by atoms with Crippen molar-refractivity contribution in [3.63, 3.8) is 0 Å². The lowest BCUT2D eigenvalue weighted by Crippen LogP contribution is -2.58. The summed E-state index contributed by atoms with van der Waals surface area (Å²) >= 11 is 0. The van der Waals surface area contributed by atoms with E-state index in [-0.39, 0.29) is 31.2 Å². The van der Waals surface area contributed by atoms with Gasteiger partial charge < -0.3 is 29.7 Å².